The second-order valence-corrected chi connectivity index (χ2v) is 10.2. The van der Waals surface area contributed by atoms with Gasteiger partial charge >= 0.3 is 0 Å². The van der Waals surface area contributed by atoms with Crippen molar-refractivity contribution >= 4 is 49.4 Å². The van der Waals surface area contributed by atoms with Crippen LogP contribution < -0.4 is 0 Å². The van der Waals surface area contributed by atoms with Gasteiger partial charge < -0.3 is 9.13 Å². The van der Waals surface area contributed by atoms with Crippen molar-refractivity contribution in [2.75, 3.05) is 0 Å². The minimum atomic E-state index is 0.0326. The van der Waals surface area contributed by atoms with Gasteiger partial charge in [-0.3, -0.25) is 4.79 Å². The SMILES string of the molecule is O=C(c1ccccc1)c1ccc(-n2c3ccccc3c3cc(-n4c5ccccc5c5ccccc54)ccc32)cc1. The molecule has 0 bridgehead atoms. The fourth-order valence-corrected chi connectivity index (χ4v) is 6.10. The number of benzene rings is 6. The van der Waals surface area contributed by atoms with Crippen LogP contribution in [0.4, 0.5) is 0 Å². The summed E-state index contributed by atoms with van der Waals surface area (Å²) < 4.78 is 4.65. The molecule has 3 heteroatoms. The second kappa shape index (κ2) is 8.82. The molecule has 0 amide bonds. The van der Waals surface area contributed by atoms with Crippen LogP contribution in [0, 0.1) is 0 Å². The molecule has 188 valence electrons. The van der Waals surface area contributed by atoms with Crippen LogP contribution in [0.5, 0.6) is 0 Å². The average molecular weight is 513 g/mol. The summed E-state index contributed by atoms with van der Waals surface area (Å²) in [5.74, 6) is 0.0326. The van der Waals surface area contributed by atoms with Crippen molar-refractivity contribution < 1.29 is 4.79 Å². The smallest absolute Gasteiger partial charge is 0.193 e. The first kappa shape index (κ1) is 22.6. The maximum absolute atomic E-state index is 13.0. The zero-order chi connectivity index (χ0) is 26.6. The molecule has 8 aromatic rings. The van der Waals surface area contributed by atoms with E-state index in [-0.39, 0.29) is 5.78 Å². The van der Waals surface area contributed by atoms with Gasteiger partial charge in [-0.15, -0.1) is 0 Å². The zero-order valence-corrected chi connectivity index (χ0v) is 21.7. The largest absolute Gasteiger partial charge is 0.309 e. The highest BCUT2D eigenvalue weighted by atomic mass is 16.1. The summed E-state index contributed by atoms with van der Waals surface area (Å²) in [7, 11) is 0. The van der Waals surface area contributed by atoms with E-state index in [1.54, 1.807) is 0 Å². The van der Waals surface area contributed by atoms with E-state index < -0.39 is 0 Å². The fourth-order valence-electron chi connectivity index (χ4n) is 6.10. The third kappa shape index (κ3) is 3.35. The summed E-state index contributed by atoms with van der Waals surface area (Å²) in [4.78, 5) is 13.0. The summed E-state index contributed by atoms with van der Waals surface area (Å²) >= 11 is 0. The summed E-state index contributed by atoms with van der Waals surface area (Å²) in [6.07, 6.45) is 0. The molecule has 0 atom stereocenters. The molecule has 0 aliphatic heterocycles. The lowest BCUT2D eigenvalue weighted by molar-refractivity contribution is 0.103. The summed E-state index contributed by atoms with van der Waals surface area (Å²) in [5, 5.41) is 4.90. The first-order chi connectivity index (χ1) is 19.8. The van der Waals surface area contributed by atoms with Crippen molar-refractivity contribution in [3.8, 4) is 11.4 Å². The Labute approximate surface area is 231 Å². The molecule has 0 radical (unpaired) electrons. The molecule has 6 aromatic carbocycles. The van der Waals surface area contributed by atoms with Gasteiger partial charge in [0, 0.05) is 44.0 Å². The molecule has 0 unspecified atom stereocenters. The standard InChI is InChI=1S/C37H24N2O/c40-37(25-10-2-1-3-11-25)26-18-20-27(21-19-26)38-35-17-9-6-14-31(35)32-24-28(22-23-36(32)38)39-33-15-7-4-12-29(33)30-13-5-8-16-34(30)39/h1-24H. The number of para-hydroxylation sites is 3. The molecule has 0 aliphatic rings. The van der Waals surface area contributed by atoms with Gasteiger partial charge in [-0.25, -0.2) is 0 Å². The van der Waals surface area contributed by atoms with Crippen LogP contribution in [0.1, 0.15) is 15.9 Å². The molecule has 0 saturated heterocycles. The molecular formula is C37H24N2O. The van der Waals surface area contributed by atoms with Crippen LogP contribution in [-0.2, 0) is 0 Å². The molecule has 0 aliphatic carbocycles. The number of hydrogen-bond acceptors (Lipinski definition) is 1. The van der Waals surface area contributed by atoms with Crippen molar-refractivity contribution in [1.29, 1.82) is 0 Å². The fraction of sp³-hybridized carbons (Fsp3) is 0. The second-order valence-electron chi connectivity index (χ2n) is 10.2. The number of rotatable bonds is 4. The van der Waals surface area contributed by atoms with Gasteiger partial charge in [0.15, 0.2) is 5.78 Å². The monoisotopic (exact) mass is 512 g/mol. The average Bonchev–Trinajstić information content (AvgIpc) is 3.54. The summed E-state index contributed by atoms with van der Waals surface area (Å²) in [6.45, 7) is 0. The molecule has 3 nitrogen and oxygen atoms in total. The van der Waals surface area contributed by atoms with Crippen LogP contribution in [-0.4, -0.2) is 14.9 Å². The molecule has 40 heavy (non-hydrogen) atoms. The predicted molar refractivity (Wildman–Crippen MR) is 165 cm³/mol. The Morgan fingerprint density at radius 2 is 0.800 bits per heavy atom. The van der Waals surface area contributed by atoms with E-state index in [1.807, 2.05) is 54.6 Å². The van der Waals surface area contributed by atoms with Crippen molar-refractivity contribution in [2.45, 2.75) is 0 Å². The van der Waals surface area contributed by atoms with E-state index in [4.69, 9.17) is 0 Å². The van der Waals surface area contributed by atoms with Crippen LogP contribution >= 0.6 is 0 Å². The topological polar surface area (TPSA) is 26.9 Å². The Morgan fingerprint density at radius 3 is 1.40 bits per heavy atom. The molecular weight excluding hydrogens is 488 g/mol. The van der Waals surface area contributed by atoms with Crippen molar-refractivity contribution in [1.82, 2.24) is 9.13 Å². The molecule has 0 spiro atoms. The molecule has 0 fully saturated rings. The van der Waals surface area contributed by atoms with E-state index in [9.17, 15) is 4.79 Å². The highest BCUT2D eigenvalue weighted by Gasteiger charge is 2.16. The predicted octanol–water partition coefficient (Wildman–Crippen LogP) is 9.11. The zero-order valence-electron chi connectivity index (χ0n) is 21.7. The number of carbonyl (C=O) groups excluding carboxylic acids is 1. The van der Waals surface area contributed by atoms with Gasteiger partial charge in [-0.1, -0.05) is 84.9 Å². The van der Waals surface area contributed by atoms with E-state index in [1.165, 1.54) is 32.6 Å². The van der Waals surface area contributed by atoms with Gasteiger partial charge in [-0.05, 0) is 60.7 Å². The molecule has 0 saturated carbocycles. The van der Waals surface area contributed by atoms with Gasteiger partial charge in [0.2, 0.25) is 0 Å². The molecule has 2 heterocycles. The number of fused-ring (bicyclic) bond motifs is 6. The first-order valence-corrected chi connectivity index (χ1v) is 13.5. The van der Waals surface area contributed by atoms with Gasteiger partial charge in [0.05, 0.1) is 22.1 Å². The van der Waals surface area contributed by atoms with Crippen LogP contribution in [0.3, 0.4) is 0 Å². The van der Waals surface area contributed by atoms with Crippen LogP contribution in [0.25, 0.3) is 55.0 Å². The number of aromatic nitrogens is 2. The first-order valence-electron chi connectivity index (χ1n) is 13.5. The quantitative estimate of drug-likeness (QED) is 0.216. The third-order valence-corrected chi connectivity index (χ3v) is 7.92. The Kier molecular flexibility index (Phi) is 4.98. The van der Waals surface area contributed by atoms with Crippen molar-refractivity contribution in [3.63, 3.8) is 0 Å². The van der Waals surface area contributed by atoms with E-state index in [0.29, 0.717) is 11.1 Å². The number of ketones is 1. The number of nitrogens with zero attached hydrogens (tertiary/aromatic N) is 2. The van der Waals surface area contributed by atoms with Crippen LogP contribution in [0.15, 0.2) is 146 Å². The minimum Gasteiger partial charge on any atom is -0.309 e. The highest BCUT2D eigenvalue weighted by Crippen LogP contribution is 2.36. The Hall–Kier alpha value is -5.41. The minimum absolute atomic E-state index is 0.0326. The summed E-state index contributed by atoms with van der Waals surface area (Å²) in [6, 6.07) is 49.9. The van der Waals surface area contributed by atoms with E-state index in [2.05, 4.69) is 100 Å². The maximum atomic E-state index is 13.0. The Morgan fingerprint density at radius 1 is 0.375 bits per heavy atom. The number of carbonyl (C=O) groups is 1. The normalized spacial score (nSPS) is 11.6. The lowest BCUT2D eigenvalue weighted by Gasteiger charge is -2.11. The van der Waals surface area contributed by atoms with Crippen molar-refractivity contribution in [2.24, 2.45) is 0 Å². The third-order valence-electron chi connectivity index (χ3n) is 7.92. The lowest BCUT2D eigenvalue weighted by atomic mass is 10.0. The highest BCUT2D eigenvalue weighted by molar-refractivity contribution is 6.12. The van der Waals surface area contributed by atoms with Crippen LogP contribution in [0.2, 0.25) is 0 Å². The van der Waals surface area contributed by atoms with E-state index >= 15 is 0 Å². The molecule has 8 rings (SSSR count). The van der Waals surface area contributed by atoms with Gasteiger partial charge in [0.25, 0.3) is 0 Å². The van der Waals surface area contributed by atoms with E-state index in [0.717, 1.165) is 22.4 Å². The Bertz CT molecular complexity index is 2160. The molecule has 0 N–H and O–H groups in total. The number of hydrogen-bond donors (Lipinski definition) is 0. The molecule has 2 aromatic heterocycles. The van der Waals surface area contributed by atoms with Gasteiger partial charge in [-0.2, -0.15) is 0 Å². The maximum Gasteiger partial charge on any atom is 0.193 e. The Balaban J connectivity index is 1.31. The van der Waals surface area contributed by atoms with Gasteiger partial charge in [0.1, 0.15) is 0 Å². The van der Waals surface area contributed by atoms with Crippen molar-refractivity contribution in [3.05, 3.63) is 157 Å². The lowest BCUT2D eigenvalue weighted by Crippen LogP contribution is -2.02. The summed E-state index contributed by atoms with van der Waals surface area (Å²) in [5.41, 5.74) is 8.22.